The maximum Gasteiger partial charge on any atom is 0.136 e. The van der Waals surface area contributed by atoms with E-state index < -0.39 is 0 Å². The number of pyridine rings is 2. The van der Waals surface area contributed by atoms with Gasteiger partial charge in [0.15, 0.2) is 0 Å². The second-order valence-electron chi connectivity index (χ2n) is 11.4. The Labute approximate surface area is 246 Å². The van der Waals surface area contributed by atoms with Crippen molar-refractivity contribution < 1.29 is 4.42 Å². The van der Waals surface area contributed by atoms with Crippen LogP contribution in [0.15, 0.2) is 138 Å². The fourth-order valence-corrected chi connectivity index (χ4v) is 7.01. The third-order valence-corrected chi connectivity index (χ3v) is 8.95. The van der Waals surface area contributed by atoms with E-state index in [-0.39, 0.29) is 0 Å². The number of para-hydroxylation sites is 1. The normalized spacial score (nSPS) is 12.2. The van der Waals surface area contributed by atoms with Gasteiger partial charge in [0.1, 0.15) is 11.2 Å². The molecular formula is C40H22N2O. The Hall–Kier alpha value is -5.80. The van der Waals surface area contributed by atoms with Crippen LogP contribution in [0.25, 0.3) is 99.3 Å². The second kappa shape index (κ2) is 8.37. The van der Waals surface area contributed by atoms with Crippen molar-refractivity contribution in [2.75, 3.05) is 0 Å². The summed E-state index contributed by atoms with van der Waals surface area (Å²) in [5.41, 5.74) is 12.8. The third-order valence-electron chi connectivity index (χ3n) is 8.95. The van der Waals surface area contributed by atoms with Crippen LogP contribution in [-0.4, -0.2) is 9.97 Å². The van der Waals surface area contributed by atoms with Gasteiger partial charge in [0.2, 0.25) is 0 Å². The molecule has 0 radical (unpaired) electrons. The fourth-order valence-electron chi connectivity index (χ4n) is 7.01. The first-order chi connectivity index (χ1) is 21.3. The molecule has 198 valence electrons. The van der Waals surface area contributed by atoms with Crippen LogP contribution in [0.3, 0.4) is 0 Å². The Morgan fingerprint density at radius 1 is 0.419 bits per heavy atom. The zero-order valence-electron chi connectivity index (χ0n) is 23.0. The number of rotatable bonds is 2. The summed E-state index contributed by atoms with van der Waals surface area (Å²) >= 11 is 0. The molecule has 1 aliphatic carbocycles. The summed E-state index contributed by atoms with van der Waals surface area (Å²) in [6, 6.07) is 47.0. The molecule has 0 saturated carbocycles. The molecule has 3 heteroatoms. The van der Waals surface area contributed by atoms with Gasteiger partial charge in [0, 0.05) is 38.2 Å². The smallest absolute Gasteiger partial charge is 0.136 e. The topological polar surface area (TPSA) is 38.9 Å². The molecule has 3 nitrogen and oxygen atoms in total. The van der Waals surface area contributed by atoms with Gasteiger partial charge in [0.25, 0.3) is 0 Å². The molecule has 9 aromatic rings. The summed E-state index contributed by atoms with van der Waals surface area (Å²) in [6.45, 7) is 0. The molecule has 0 amide bonds. The van der Waals surface area contributed by atoms with Crippen molar-refractivity contribution in [2.45, 2.75) is 0 Å². The molecule has 3 aromatic heterocycles. The van der Waals surface area contributed by atoms with Gasteiger partial charge in [-0.25, -0.2) is 9.97 Å². The van der Waals surface area contributed by atoms with Gasteiger partial charge < -0.3 is 4.42 Å². The van der Waals surface area contributed by atoms with Gasteiger partial charge in [0.05, 0.1) is 22.4 Å². The SMILES string of the molecule is c1ccc(-c2ccc3ccc4ccc(-c5cc6c7c(c8c(cc7c5)oc5ccccc58)-c5ccccc5-6)nc4c3n2)cc1. The van der Waals surface area contributed by atoms with Crippen LogP contribution in [0.1, 0.15) is 0 Å². The zero-order chi connectivity index (χ0) is 28.1. The van der Waals surface area contributed by atoms with Crippen LogP contribution in [0.4, 0.5) is 0 Å². The maximum atomic E-state index is 6.42. The number of aromatic nitrogens is 2. The van der Waals surface area contributed by atoms with Crippen LogP contribution in [-0.2, 0) is 0 Å². The quantitative estimate of drug-likeness (QED) is 0.202. The second-order valence-corrected chi connectivity index (χ2v) is 11.4. The molecular weight excluding hydrogens is 524 g/mol. The highest BCUT2D eigenvalue weighted by Crippen LogP contribution is 2.53. The summed E-state index contributed by atoms with van der Waals surface area (Å²) in [5, 5.41) is 6.96. The lowest BCUT2D eigenvalue weighted by Crippen LogP contribution is -1.91. The minimum absolute atomic E-state index is 0.915. The van der Waals surface area contributed by atoms with Crippen LogP contribution < -0.4 is 0 Å². The number of hydrogen-bond acceptors (Lipinski definition) is 3. The predicted molar refractivity (Wildman–Crippen MR) is 177 cm³/mol. The van der Waals surface area contributed by atoms with Crippen molar-refractivity contribution in [3.63, 3.8) is 0 Å². The molecule has 0 bridgehead atoms. The van der Waals surface area contributed by atoms with Gasteiger partial charge in [-0.15, -0.1) is 0 Å². The van der Waals surface area contributed by atoms with Crippen LogP contribution >= 0.6 is 0 Å². The van der Waals surface area contributed by atoms with E-state index in [1.807, 2.05) is 24.3 Å². The fraction of sp³-hybridized carbons (Fsp3) is 0. The number of nitrogens with zero attached hydrogens (tertiary/aromatic N) is 2. The maximum absolute atomic E-state index is 6.42. The van der Waals surface area contributed by atoms with Crippen molar-refractivity contribution in [2.24, 2.45) is 0 Å². The molecule has 0 atom stereocenters. The zero-order valence-corrected chi connectivity index (χ0v) is 23.0. The number of fused-ring (bicyclic) bond motifs is 10. The number of furan rings is 1. The van der Waals surface area contributed by atoms with E-state index in [0.29, 0.717) is 0 Å². The molecule has 10 rings (SSSR count). The summed E-state index contributed by atoms with van der Waals surface area (Å²) in [7, 11) is 0. The molecule has 0 N–H and O–H groups in total. The van der Waals surface area contributed by atoms with E-state index >= 15 is 0 Å². The first-order valence-corrected chi connectivity index (χ1v) is 14.6. The highest BCUT2D eigenvalue weighted by Gasteiger charge is 2.27. The number of benzene rings is 6. The van der Waals surface area contributed by atoms with Crippen molar-refractivity contribution in [3.05, 3.63) is 133 Å². The average molecular weight is 547 g/mol. The van der Waals surface area contributed by atoms with Gasteiger partial charge in [-0.1, -0.05) is 97.1 Å². The van der Waals surface area contributed by atoms with Gasteiger partial charge in [-0.3, -0.25) is 0 Å². The largest absolute Gasteiger partial charge is 0.456 e. The minimum atomic E-state index is 0.915. The molecule has 0 saturated heterocycles. The van der Waals surface area contributed by atoms with Gasteiger partial charge in [-0.05, 0) is 63.9 Å². The minimum Gasteiger partial charge on any atom is -0.456 e. The molecule has 3 heterocycles. The molecule has 0 aliphatic heterocycles. The predicted octanol–water partition coefficient (Wildman–Crippen LogP) is 10.8. The summed E-state index contributed by atoms with van der Waals surface area (Å²) in [4.78, 5) is 10.4. The van der Waals surface area contributed by atoms with E-state index in [4.69, 9.17) is 14.4 Å². The molecule has 6 aromatic carbocycles. The Morgan fingerprint density at radius 2 is 1.07 bits per heavy atom. The summed E-state index contributed by atoms with van der Waals surface area (Å²) in [6.07, 6.45) is 0. The van der Waals surface area contributed by atoms with E-state index in [9.17, 15) is 0 Å². The first kappa shape index (κ1) is 22.8. The van der Waals surface area contributed by atoms with Crippen LogP contribution in [0, 0.1) is 0 Å². The van der Waals surface area contributed by atoms with Crippen molar-refractivity contribution in [1.29, 1.82) is 0 Å². The monoisotopic (exact) mass is 546 g/mol. The Morgan fingerprint density at radius 3 is 1.86 bits per heavy atom. The standard InChI is InChI=1S/C40H22N2O/c1-2-8-23(9-3-1)32-18-16-24-14-15-25-17-19-33(42-40(25)39(24)41-32)26-20-27-22-35-37(30-12-6-7-13-34(30)43-35)38-29-11-5-4-10-28(29)31(21-26)36(27)38/h1-22H. The highest BCUT2D eigenvalue weighted by atomic mass is 16.3. The molecule has 1 aliphatic rings. The summed E-state index contributed by atoms with van der Waals surface area (Å²) < 4.78 is 6.42. The Balaban J connectivity index is 1.25. The molecule has 0 unspecified atom stereocenters. The lowest BCUT2D eigenvalue weighted by molar-refractivity contribution is 0.669. The molecule has 0 spiro atoms. The van der Waals surface area contributed by atoms with Crippen LogP contribution in [0.2, 0.25) is 0 Å². The average Bonchev–Trinajstić information content (AvgIpc) is 3.60. The van der Waals surface area contributed by atoms with Crippen molar-refractivity contribution >= 4 is 54.5 Å². The van der Waals surface area contributed by atoms with Gasteiger partial charge in [-0.2, -0.15) is 0 Å². The van der Waals surface area contributed by atoms with E-state index in [0.717, 1.165) is 66.3 Å². The third kappa shape index (κ3) is 3.19. The van der Waals surface area contributed by atoms with Crippen molar-refractivity contribution in [3.8, 4) is 44.8 Å². The highest BCUT2D eigenvalue weighted by molar-refractivity contribution is 6.28. The van der Waals surface area contributed by atoms with Gasteiger partial charge >= 0.3 is 0 Å². The Bertz CT molecular complexity index is 2610. The lowest BCUT2D eigenvalue weighted by atomic mass is 9.95. The van der Waals surface area contributed by atoms with E-state index in [1.165, 1.54) is 33.0 Å². The van der Waals surface area contributed by atoms with Crippen LogP contribution in [0.5, 0.6) is 0 Å². The lowest BCUT2D eigenvalue weighted by Gasteiger charge is -2.10. The first-order valence-electron chi connectivity index (χ1n) is 14.6. The van der Waals surface area contributed by atoms with E-state index in [1.54, 1.807) is 0 Å². The Kier molecular flexibility index (Phi) is 4.45. The molecule has 43 heavy (non-hydrogen) atoms. The number of hydrogen-bond donors (Lipinski definition) is 0. The van der Waals surface area contributed by atoms with Crippen molar-refractivity contribution in [1.82, 2.24) is 9.97 Å². The summed E-state index contributed by atoms with van der Waals surface area (Å²) in [5.74, 6) is 0. The molecule has 0 fully saturated rings. The van der Waals surface area contributed by atoms with E-state index in [2.05, 4.69) is 109 Å².